The van der Waals surface area contributed by atoms with Crippen molar-refractivity contribution in [2.75, 3.05) is 0 Å². The quantitative estimate of drug-likeness (QED) is 0.626. The second kappa shape index (κ2) is 5.55. The molecule has 0 aliphatic rings. The molecule has 2 heterocycles. The third-order valence-electron chi connectivity index (χ3n) is 2.26. The van der Waals surface area contributed by atoms with E-state index in [1.54, 1.807) is 25.4 Å². The number of aromatic nitrogens is 2. The highest BCUT2D eigenvalue weighted by molar-refractivity contribution is 7.16. The van der Waals surface area contributed by atoms with Gasteiger partial charge in [-0.2, -0.15) is 0 Å². The highest BCUT2D eigenvalue weighted by Crippen LogP contribution is 2.25. The van der Waals surface area contributed by atoms with E-state index in [0.29, 0.717) is 4.88 Å². The number of hydrogen-bond donors (Lipinski definition) is 0. The third kappa shape index (κ3) is 2.81. The second-order valence-electron chi connectivity index (χ2n) is 3.61. The van der Waals surface area contributed by atoms with Crippen LogP contribution in [-0.4, -0.2) is 22.0 Å². The normalized spacial score (nSPS) is 11.8. The first-order valence-electron chi connectivity index (χ1n) is 5.40. The van der Waals surface area contributed by atoms with E-state index in [-0.39, 0.29) is 12.1 Å². The van der Waals surface area contributed by atoms with E-state index in [9.17, 15) is 4.79 Å². The first-order chi connectivity index (χ1) is 8.70. The Hall–Kier alpha value is -2.01. The molecule has 0 aliphatic heterocycles. The van der Waals surface area contributed by atoms with Crippen LogP contribution in [0, 0.1) is 0 Å². The van der Waals surface area contributed by atoms with Crippen LogP contribution in [0.15, 0.2) is 43.4 Å². The van der Waals surface area contributed by atoms with Crippen LogP contribution in [0.1, 0.15) is 16.6 Å². The largest absolute Gasteiger partial charge is 0.454 e. The number of carbonyl (C=O) groups is 1. The zero-order valence-electron chi connectivity index (χ0n) is 9.87. The topological polar surface area (TPSA) is 52.1 Å². The number of carbonyl (C=O) groups excluding carboxylic acids is 1. The number of nitrogens with zero attached hydrogens (tertiary/aromatic N) is 2. The average molecular weight is 260 g/mol. The molecule has 4 nitrogen and oxygen atoms in total. The molecule has 0 N–H and O–H groups in total. The summed E-state index contributed by atoms with van der Waals surface area (Å²) in [5, 5.41) is 0.774. The van der Waals surface area contributed by atoms with Crippen molar-refractivity contribution in [3.05, 3.63) is 48.3 Å². The number of pyridine rings is 1. The maximum atomic E-state index is 11.7. The molecule has 0 spiro atoms. The van der Waals surface area contributed by atoms with Gasteiger partial charge in [0.25, 0.3) is 0 Å². The molecule has 0 saturated carbocycles. The lowest BCUT2D eigenvalue weighted by Gasteiger charge is -2.06. The average Bonchev–Trinajstić information content (AvgIpc) is 2.89. The van der Waals surface area contributed by atoms with E-state index in [0.717, 1.165) is 10.6 Å². The number of thiazole rings is 1. The van der Waals surface area contributed by atoms with Gasteiger partial charge in [-0.3, -0.25) is 4.98 Å². The standard InChI is InChI=1S/C13H12N2O2S/c1-3-9(2)17-13(16)11-8-15-12(18-11)10-4-6-14-7-5-10/h3-9H,1H2,2H3/t9-/m0/s1. The van der Waals surface area contributed by atoms with Gasteiger partial charge >= 0.3 is 5.97 Å². The van der Waals surface area contributed by atoms with Gasteiger partial charge in [0.1, 0.15) is 16.0 Å². The first kappa shape index (κ1) is 12.4. The van der Waals surface area contributed by atoms with Gasteiger partial charge < -0.3 is 4.74 Å². The van der Waals surface area contributed by atoms with E-state index in [1.807, 2.05) is 12.1 Å². The fourth-order valence-corrected chi connectivity index (χ4v) is 2.08. The molecule has 1 atom stereocenters. The van der Waals surface area contributed by atoms with Gasteiger partial charge in [-0.05, 0) is 19.1 Å². The highest BCUT2D eigenvalue weighted by atomic mass is 32.1. The van der Waals surface area contributed by atoms with Gasteiger partial charge in [0, 0.05) is 18.0 Å². The Bertz CT molecular complexity index is 551. The Morgan fingerprint density at radius 2 is 2.22 bits per heavy atom. The summed E-state index contributed by atoms with van der Waals surface area (Å²) in [4.78, 5) is 20.4. The number of esters is 1. The smallest absolute Gasteiger partial charge is 0.350 e. The zero-order chi connectivity index (χ0) is 13.0. The van der Waals surface area contributed by atoms with Crippen LogP contribution < -0.4 is 0 Å². The molecule has 92 valence electrons. The van der Waals surface area contributed by atoms with Gasteiger partial charge in [-0.25, -0.2) is 9.78 Å². The van der Waals surface area contributed by atoms with Crippen molar-refractivity contribution in [3.63, 3.8) is 0 Å². The van der Waals surface area contributed by atoms with Gasteiger partial charge in [0.2, 0.25) is 0 Å². The Kier molecular flexibility index (Phi) is 3.84. The van der Waals surface area contributed by atoms with Crippen LogP contribution in [0.5, 0.6) is 0 Å². The maximum absolute atomic E-state index is 11.7. The van der Waals surface area contributed by atoms with Crippen molar-refractivity contribution in [1.29, 1.82) is 0 Å². The Labute approximate surface area is 109 Å². The molecule has 2 aromatic rings. The summed E-state index contributed by atoms with van der Waals surface area (Å²) < 4.78 is 5.14. The number of hydrogen-bond acceptors (Lipinski definition) is 5. The number of ether oxygens (including phenoxy) is 1. The fraction of sp³-hybridized carbons (Fsp3) is 0.154. The minimum absolute atomic E-state index is 0.302. The lowest BCUT2D eigenvalue weighted by atomic mass is 10.3. The minimum atomic E-state index is -0.375. The second-order valence-corrected chi connectivity index (χ2v) is 4.64. The molecular weight excluding hydrogens is 248 g/mol. The maximum Gasteiger partial charge on any atom is 0.350 e. The highest BCUT2D eigenvalue weighted by Gasteiger charge is 2.14. The Morgan fingerprint density at radius 3 is 2.89 bits per heavy atom. The summed E-state index contributed by atoms with van der Waals surface area (Å²) in [5.41, 5.74) is 0.936. The molecular formula is C13H12N2O2S. The monoisotopic (exact) mass is 260 g/mol. The van der Waals surface area contributed by atoms with Crippen molar-refractivity contribution >= 4 is 17.3 Å². The SMILES string of the molecule is C=C[C@H](C)OC(=O)c1cnc(-c2ccncc2)s1. The predicted octanol–water partition coefficient (Wildman–Crippen LogP) is 2.94. The van der Waals surface area contributed by atoms with Gasteiger partial charge in [-0.15, -0.1) is 11.3 Å². The lowest BCUT2D eigenvalue weighted by molar-refractivity contribution is 0.0430. The van der Waals surface area contributed by atoms with Crippen molar-refractivity contribution in [1.82, 2.24) is 9.97 Å². The Balaban J connectivity index is 2.16. The van der Waals surface area contributed by atoms with E-state index < -0.39 is 0 Å². The van der Waals surface area contributed by atoms with Crippen molar-refractivity contribution in [2.24, 2.45) is 0 Å². The van der Waals surface area contributed by atoms with Crippen LogP contribution in [0.25, 0.3) is 10.6 Å². The summed E-state index contributed by atoms with van der Waals surface area (Å²) in [7, 11) is 0. The molecule has 0 aliphatic carbocycles. The molecule has 0 aromatic carbocycles. The predicted molar refractivity (Wildman–Crippen MR) is 70.4 cm³/mol. The third-order valence-corrected chi connectivity index (χ3v) is 3.29. The molecule has 2 aromatic heterocycles. The molecule has 18 heavy (non-hydrogen) atoms. The molecule has 0 fully saturated rings. The van der Waals surface area contributed by atoms with E-state index in [1.165, 1.54) is 17.5 Å². The molecule has 0 saturated heterocycles. The Morgan fingerprint density at radius 1 is 1.50 bits per heavy atom. The van der Waals surface area contributed by atoms with Crippen LogP contribution in [0.2, 0.25) is 0 Å². The van der Waals surface area contributed by atoms with E-state index in [2.05, 4.69) is 16.5 Å². The first-order valence-corrected chi connectivity index (χ1v) is 6.22. The van der Waals surface area contributed by atoms with Gasteiger partial charge in [0.15, 0.2) is 0 Å². The summed E-state index contributed by atoms with van der Waals surface area (Å²) in [6.07, 6.45) is 6.17. The summed E-state index contributed by atoms with van der Waals surface area (Å²) in [6, 6.07) is 3.70. The van der Waals surface area contributed by atoms with E-state index >= 15 is 0 Å². The van der Waals surface area contributed by atoms with Crippen molar-refractivity contribution < 1.29 is 9.53 Å². The van der Waals surface area contributed by atoms with Crippen LogP contribution in [0.4, 0.5) is 0 Å². The van der Waals surface area contributed by atoms with Crippen LogP contribution in [-0.2, 0) is 4.74 Å². The van der Waals surface area contributed by atoms with Gasteiger partial charge in [-0.1, -0.05) is 12.7 Å². The van der Waals surface area contributed by atoms with E-state index in [4.69, 9.17) is 4.74 Å². The van der Waals surface area contributed by atoms with Gasteiger partial charge in [0.05, 0.1) is 6.20 Å². The molecule has 0 unspecified atom stereocenters. The molecule has 2 rings (SSSR count). The van der Waals surface area contributed by atoms with Crippen LogP contribution in [0.3, 0.4) is 0 Å². The summed E-state index contributed by atoms with van der Waals surface area (Å²) in [5.74, 6) is -0.375. The van der Waals surface area contributed by atoms with Crippen molar-refractivity contribution in [3.8, 4) is 10.6 Å². The minimum Gasteiger partial charge on any atom is -0.454 e. The fourth-order valence-electron chi connectivity index (χ4n) is 1.27. The van der Waals surface area contributed by atoms with Crippen LogP contribution >= 0.6 is 11.3 Å². The molecule has 5 heteroatoms. The zero-order valence-corrected chi connectivity index (χ0v) is 10.7. The van der Waals surface area contributed by atoms with Crippen molar-refractivity contribution in [2.45, 2.75) is 13.0 Å². The molecule has 0 radical (unpaired) electrons. The number of rotatable bonds is 4. The summed E-state index contributed by atoms with van der Waals surface area (Å²) >= 11 is 1.30. The summed E-state index contributed by atoms with van der Waals surface area (Å²) in [6.45, 7) is 5.32. The lowest BCUT2D eigenvalue weighted by Crippen LogP contribution is -2.11. The molecule has 0 bridgehead atoms. The molecule has 0 amide bonds.